The number of aromatic amines is 1. The molecule has 134 valence electrons. The van der Waals surface area contributed by atoms with Crippen molar-refractivity contribution in [3.8, 4) is 17.1 Å². The number of amides is 1. The van der Waals surface area contributed by atoms with Gasteiger partial charge in [0.15, 0.2) is 6.61 Å². The highest BCUT2D eigenvalue weighted by molar-refractivity contribution is 5.79. The van der Waals surface area contributed by atoms with Crippen LogP contribution in [-0.2, 0) is 4.79 Å². The fraction of sp³-hybridized carbons (Fsp3) is 0.333. The van der Waals surface area contributed by atoms with Crippen molar-refractivity contribution >= 4 is 16.9 Å². The summed E-state index contributed by atoms with van der Waals surface area (Å²) < 4.78 is 5.68. The molecule has 1 amide bonds. The summed E-state index contributed by atoms with van der Waals surface area (Å²) in [6, 6.07) is 15.6. The third-order valence-electron chi connectivity index (χ3n) is 5.02. The van der Waals surface area contributed by atoms with Crippen molar-refractivity contribution < 1.29 is 9.53 Å². The van der Waals surface area contributed by atoms with E-state index in [1.165, 1.54) is 0 Å². The molecule has 1 aromatic heterocycles. The molecule has 3 aromatic rings. The van der Waals surface area contributed by atoms with Gasteiger partial charge in [-0.1, -0.05) is 19.1 Å². The number of aromatic nitrogens is 2. The van der Waals surface area contributed by atoms with Gasteiger partial charge < -0.3 is 14.6 Å². The number of ether oxygens (including phenoxy) is 1. The first-order valence-electron chi connectivity index (χ1n) is 9.15. The van der Waals surface area contributed by atoms with Gasteiger partial charge in [0.2, 0.25) is 0 Å². The predicted molar refractivity (Wildman–Crippen MR) is 102 cm³/mol. The van der Waals surface area contributed by atoms with Crippen LogP contribution in [0.25, 0.3) is 22.4 Å². The molecule has 0 radical (unpaired) electrons. The minimum atomic E-state index is 0.0678. The lowest BCUT2D eigenvalue weighted by Crippen LogP contribution is -2.40. The molecule has 0 spiro atoms. The second kappa shape index (κ2) is 7.20. The van der Waals surface area contributed by atoms with E-state index in [1.54, 1.807) is 0 Å². The third-order valence-corrected chi connectivity index (χ3v) is 5.02. The summed E-state index contributed by atoms with van der Waals surface area (Å²) in [7, 11) is 0. The SMILES string of the molecule is CC1CCN(C(=O)COc2ccc(-c3nc4ccccc4[nH]3)cc2)CC1. The first-order valence-corrected chi connectivity index (χ1v) is 9.15. The Morgan fingerprint density at radius 2 is 1.88 bits per heavy atom. The van der Waals surface area contributed by atoms with E-state index in [2.05, 4.69) is 16.9 Å². The monoisotopic (exact) mass is 349 g/mol. The van der Waals surface area contributed by atoms with Gasteiger partial charge in [0.05, 0.1) is 11.0 Å². The average Bonchev–Trinajstić information content (AvgIpc) is 3.11. The second-order valence-electron chi connectivity index (χ2n) is 6.98. The third kappa shape index (κ3) is 3.57. The van der Waals surface area contributed by atoms with Crippen LogP contribution in [0.1, 0.15) is 19.8 Å². The number of carbonyl (C=O) groups is 1. The molecule has 4 rings (SSSR count). The van der Waals surface area contributed by atoms with E-state index >= 15 is 0 Å². The number of fused-ring (bicyclic) bond motifs is 1. The van der Waals surface area contributed by atoms with Crippen LogP contribution in [0.15, 0.2) is 48.5 Å². The number of piperidine rings is 1. The molecule has 5 heteroatoms. The predicted octanol–water partition coefficient (Wildman–Crippen LogP) is 3.87. The van der Waals surface area contributed by atoms with Gasteiger partial charge in [0.25, 0.3) is 5.91 Å². The fourth-order valence-corrected chi connectivity index (χ4v) is 3.29. The quantitative estimate of drug-likeness (QED) is 0.778. The van der Waals surface area contributed by atoms with E-state index in [-0.39, 0.29) is 12.5 Å². The number of para-hydroxylation sites is 2. The largest absolute Gasteiger partial charge is 0.484 e. The minimum absolute atomic E-state index is 0.0678. The highest BCUT2D eigenvalue weighted by Gasteiger charge is 2.20. The summed E-state index contributed by atoms with van der Waals surface area (Å²) in [5.74, 6) is 2.31. The van der Waals surface area contributed by atoms with Crippen LogP contribution >= 0.6 is 0 Å². The Balaban J connectivity index is 1.37. The molecule has 0 bridgehead atoms. The van der Waals surface area contributed by atoms with Crippen molar-refractivity contribution in [1.82, 2.24) is 14.9 Å². The van der Waals surface area contributed by atoms with Crippen LogP contribution in [0.5, 0.6) is 5.75 Å². The van der Waals surface area contributed by atoms with Gasteiger partial charge in [-0.05, 0) is 55.2 Å². The van der Waals surface area contributed by atoms with Gasteiger partial charge in [0.1, 0.15) is 11.6 Å². The summed E-state index contributed by atoms with van der Waals surface area (Å²) in [6.45, 7) is 4.02. The fourth-order valence-electron chi connectivity index (χ4n) is 3.29. The number of nitrogens with zero attached hydrogens (tertiary/aromatic N) is 2. The van der Waals surface area contributed by atoms with Crippen LogP contribution in [-0.4, -0.2) is 40.5 Å². The summed E-state index contributed by atoms with van der Waals surface area (Å²) in [4.78, 5) is 22.1. The maximum atomic E-state index is 12.3. The number of hydrogen-bond donors (Lipinski definition) is 1. The van der Waals surface area contributed by atoms with Crippen molar-refractivity contribution in [2.75, 3.05) is 19.7 Å². The molecule has 1 aliphatic heterocycles. The van der Waals surface area contributed by atoms with Crippen LogP contribution in [0.3, 0.4) is 0 Å². The topological polar surface area (TPSA) is 58.2 Å². The average molecular weight is 349 g/mol. The number of likely N-dealkylation sites (tertiary alicyclic amines) is 1. The Morgan fingerprint density at radius 1 is 1.15 bits per heavy atom. The molecule has 0 saturated carbocycles. The zero-order valence-electron chi connectivity index (χ0n) is 14.9. The molecule has 1 saturated heterocycles. The van der Waals surface area contributed by atoms with Crippen molar-refractivity contribution in [3.05, 3.63) is 48.5 Å². The van der Waals surface area contributed by atoms with Crippen molar-refractivity contribution in [1.29, 1.82) is 0 Å². The lowest BCUT2D eigenvalue weighted by Gasteiger charge is -2.30. The maximum absolute atomic E-state index is 12.3. The molecule has 1 N–H and O–H groups in total. The number of nitrogens with one attached hydrogen (secondary N) is 1. The lowest BCUT2D eigenvalue weighted by atomic mass is 9.99. The normalized spacial score (nSPS) is 15.3. The molecular weight excluding hydrogens is 326 g/mol. The van der Waals surface area contributed by atoms with Crippen LogP contribution in [0.2, 0.25) is 0 Å². The second-order valence-corrected chi connectivity index (χ2v) is 6.98. The van der Waals surface area contributed by atoms with Gasteiger partial charge in [-0.3, -0.25) is 4.79 Å². The van der Waals surface area contributed by atoms with E-state index in [1.807, 2.05) is 53.4 Å². The molecule has 0 unspecified atom stereocenters. The molecule has 0 atom stereocenters. The van der Waals surface area contributed by atoms with E-state index in [0.29, 0.717) is 11.7 Å². The maximum Gasteiger partial charge on any atom is 0.260 e. The van der Waals surface area contributed by atoms with Gasteiger partial charge in [-0.25, -0.2) is 4.98 Å². The van der Waals surface area contributed by atoms with Gasteiger partial charge in [-0.2, -0.15) is 0 Å². The van der Waals surface area contributed by atoms with E-state index in [9.17, 15) is 4.79 Å². The number of H-pyrrole nitrogens is 1. The first-order chi connectivity index (χ1) is 12.7. The zero-order valence-corrected chi connectivity index (χ0v) is 14.9. The Morgan fingerprint density at radius 3 is 2.62 bits per heavy atom. The van der Waals surface area contributed by atoms with Crippen molar-refractivity contribution in [3.63, 3.8) is 0 Å². The van der Waals surface area contributed by atoms with E-state index < -0.39 is 0 Å². The van der Waals surface area contributed by atoms with Crippen molar-refractivity contribution in [2.24, 2.45) is 5.92 Å². The number of rotatable bonds is 4. The van der Waals surface area contributed by atoms with E-state index in [0.717, 1.165) is 48.4 Å². The lowest BCUT2D eigenvalue weighted by molar-refractivity contribution is -0.134. The van der Waals surface area contributed by atoms with Crippen LogP contribution in [0.4, 0.5) is 0 Å². The Bertz CT molecular complexity index is 860. The van der Waals surface area contributed by atoms with Gasteiger partial charge in [0, 0.05) is 18.7 Å². The molecule has 1 fully saturated rings. The molecule has 2 heterocycles. The molecule has 1 aliphatic rings. The number of hydrogen-bond acceptors (Lipinski definition) is 3. The smallest absolute Gasteiger partial charge is 0.260 e. The number of benzene rings is 2. The minimum Gasteiger partial charge on any atom is -0.484 e. The summed E-state index contributed by atoms with van der Waals surface area (Å²) in [5.41, 5.74) is 2.96. The standard InChI is InChI=1S/C21H23N3O2/c1-15-10-12-24(13-11-15)20(25)14-26-17-8-6-16(7-9-17)21-22-18-4-2-3-5-19(18)23-21/h2-9,15H,10-14H2,1H3,(H,22,23). The molecule has 0 aliphatic carbocycles. The Kier molecular flexibility index (Phi) is 4.61. The molecule has 2 aromatic carbocycles. The Hall–Kier alpha value is -2.82. The van der Waals surface area contributed by atoms with E-state index in [4.69, 9.17) is 4.74 Å². The molecular formula is C21H23N3O2. The first kappa shape index (κ1) is 16.6. The van der Waals surface area contributed by atoms with Gasteiger partial charge in [-0.15, -0.1) is 0 Å². The number of carbonyl (C=O) groups excluding carboxylic acids is 1. The summed E-state index contributed by atoms with van der Waals surface area (Å²) >= 11 is 0. The Labute approximate surface area is 153 Å². The number of imidazole rings is 1. The highest BCUT2D eigenvalue weighted by Crippen LogP contribution is 2.23. The van der Waals surface area contributed by atoms with Crippen molar-refractivity contribution in [2.45, 2.75) is 19.8 Å². The van der Waals surface area contributed by atoms with Crippen LogP contribution < -0.4 is 4.74 Å². The van der Waals surface area contributed by atoms with Gasteiger partial charge >= 0.3 is 0 Å². The zero-order chi connectivity index (χ0) is 17.9. The highest BCUT2D eigenvalue weighted by atomic mass is 16.5. The summed E-state index contributed by atoms with van der Waals surface area (Å²) in [5, 5.41) is 0. The molecule has 5 nitrogen and oxygen atoms in total. The molecule has 26 heavy (non-hydrogen) atoms. The van der Waals surface area contributed by atoms with Crippen LogP contribution in [0, 0.1) is 5.92 Å². The summed E-state index contributed by atoms with van der Waals surface area (Å²) in [6.07, 6.45) is 2.16.